The molecule has 0 unspecified atom stereocenters. The van der Waals surface area contributed by atoms with Gasteiger partial charge in [0.1, 0.15) is 6.54 Å². The monoisotopic (exact) mass is 265 g/mol. The molecule has 0 fully saturated rings. The van der Waals surface area contributed by atoms with E-state index < -0.39 is 5.97 Å². The van der Waals surface area contributed by atoms with Crippen LogP contribution in [-0.4, -0.2) is 31.8 Å². The number of hydrogen-bond acceptors (Lipinski definition) is 5. The summed E-state index contributed by atoms with van der Waals surface area (Å²) in [5.41, 5.74) is 0.797. The van der Waals surface area contributed by atoms with Crippen molar-refractivity contribution in [3.05, 3.63) is 23.8 Å². The maximum Gasteiger partial charge on any atom is 0.325 e. The number of ether oxygens (including phenoxy) is 3. The molecular weight excluding hydrogens is 250 g/mol. The van der Waals surface area contributed by atoms with Gasteiger partial charge in [-0.15, -0.1) is 0 Å². The molecule has 1 aromatic rings. The second-order valence-electron chi connectivity index (χ2n) is 3.95. The number of benzene rings is 1. The predicted octanol–water partition coefficient (Wildman–Crippen LogP) is 0.637. The predicted molar refractivity (Wildman–Crippen MR) is 65.9 cm³/mol. The molecule has 0 saturated heterocycles. The molecule has 0 radical (unpaired) electrons. The first-order valence-corrected chi connectivity index (χ1v) is 6.00. The van der Waals surface area contributed by atoms with E-state index >= 15 is 0 Å². The van der Waals surface area contributed by atoms with Crippen LogP contribution in [0.3, 0.4) is 0 Å². The van der Waals surface area contributed by atoms with Crippen LogP contribution in [0.2, 0.25) is 0 Å². The molecule has 102 valence electrons. The van der Waals surface area contributed by atoms with Crippen LogP contribution in [0.15, 0.2) is 18.2 Å². The normalized spacial score (nSPS) is 12.1. The molecule has 6 nitrogen and oxygen atoms in total. The van der Waals surface area contributed by atoms with Gasteiger partial charge < -0.3 is 19.5 Å². The molecule has 0 aromatic heterocycles. The molecule has 6 heteroatoms. The Labute approximate surface area is 110 Å². The molecule has 1 amide bonds. The van der Waals surface area contributed by atoms with Crippen LogP contribution in [0, 0.1) is 0 Å². The largest absolute Gasteiger partial charge is 0.465 e. The maximum absolute atomic E-state index is 11.6. The molecule has 1 N–H and O–H groups in total. The molecule has 0 bridgehead atoms. The number of nitrogens with one attached hydrogen (secondary N) is 1. The molecule has 1 aliphatic rings. The fourth-order valence-electron chi connectivity index (χ4n) is 1.68. The van der Waals surface area contributed by atoms with Crippen LogP contribution < -0.4 is 14.8 Å². The van der Waals surface area contributed by atoms with Crippen molar-refractivity contribution in [3.8, 4) is 11.5 Å². The van der Waals surface area contributed by atoms with Crippen LogP contribution in [0.25, 0.3) is 0 Å². The number of amides is 1. The highest BCUT2D eigenvalue weighted by molar-refractivity contribution is 5.83. The number of carbonyl (C=O) groups is 2. The highest BCUT2D eigenvalue weighted by Gasteiger charge is 2.14. The summed E-state index contributed by atoms with van der Waals surface area (Å²) in [6.45, 7) is 2.11. The molecule has 0 spiro atoms. The minimum Gasteiger partial charge on any atom is -0.465 e. The topological polar surface area (TPSA) is 73.9 Å². The van der Waals surface area contributed by atoms with Crippen LogP contribution in [0.4, 0.5) is 0 Å². The van der Waals surface area contributed by atoms with Gasteiger partial charge in [0.2, 0.25) is 12.7 Å². The Kier molecular flexibility index (Phi) is 4.22. The van der Waals surface area contributed by atoms with Gasteiger partial charge in [-0.25, -0.2) is 0 Å². The average molecular weight is 265 g/mol. The lowest BCUT2D eigenvalue weighted by Crippen LogP contribution is -2.31. The fourth-order valence-corrected chi connectivity index (χ4v) is 1.68. The molecule has 2 rings (SSSR count). The van der Waals surface area contributed by atoms with Gasteiger partial charge in [0.25, 0.3) is 0 Å². The summed E-state index contributed by atoms with van der Waals surface area (Å²) < 4.78 is 15.1. The first kappa shape index (κ1) is 13.2. The first-order chi connectivity index (χ1) is 9.19. The molecule has 0 saturated carbocycles. The zero-order valence-electron chi connectivity index (χ0n) is 10.6. The highest BCUT2D eigenvalue weighted by atomic mass is 16.7. The van der Waals surface area contributed by atoms with Gasteiger partial charge in [0, 0.05) is 0 Å². The Morgan fingerprint density at radius 3 is 2.89 bits per heavy atom. The number of carbonyl (C=O) groups excluding carboxylic acids is 2. The van der Waals surface area contributed by atoms with E-state index in [1.807, 2.05) is 0 Å². The van der Waals surface area contributed by atoms with Gasteiger partial charge in [-0.1, -0.05) is 6.07 Å². The van der Waals surface area contributed by atoms with Crippen molar-refractivity contribution < 1.29 is 23.8 Å². The average Bonchev–Trinajstić information content (AvgIpc) is 2.84. The molecule has 0 atom stereocenters. The summed E-state index contributed by atoms with van der Waals surface area (Å²) in [5, 5.41) is 2.50. The Balaban J connectivity index is 1.84. The van der Waals surface area contributed by atoms with E-state index in [2.05, 4.69) is 5.32 Å². The second kappa shape index (κ2) is 6.08. The van der Waals surface area contributed by atoms with Crippen molar-refractivity contribution in [1.29, 1.82) is 0 Å². The minimum absolute atomic E-state index is 0.114. The zero-order valence-corrected chi connectivity index (χ0v) is 10.6. The number of esters is 1. The lowest BCUT2D eigenvalue weighted by atomic mass is 10.1. The van der Waals surface area contributed by atoms with Gasteiger partial charge in [0.05, 0.1) is 13.0 Å². The summed E-state index contributed by atoms with van der Waals surface area (Å²) in [6, 6.07) is 5.31. The molecule has 1 aliphatic heterocycles. The van der Waals surface area contributed by atoms with Crippen molar-refractivity contribution in [2.75, 3.05) is 19.9 Å². The highest BCUT2D eigenvalue weighted by Crippen LogP contribution is 2.32. The quantitative estimate of drug-likeness (QED) is 0.791. The third-order valence-electron chi connectivity index (χ3n) is 2.54. The van der Waals surface area contributed by atoms with Gasteiger partial charge in [0.15, 0.2) is 11.5 Å². The Morgan fingerprint density at radius 2 is 2.11 bits per heavy atom. The van der Waals surface area contributed by atoms with Gasteiger partial charge >= 0.3 is 5.97 Å². The van der Waals surface area contributed by atoms with Crippen LogP contribution in [0.1, 0.15) is 12.5 Å². The SMILES string of the molecule is CCOC(=O)CNC(=O)Cc1ccc2c(c1)OCO2. The van der Waals surface area contributed by atoms with Crippen molar-refractivity contribution in [1.82, 2.24) is 5.32 Å². The lowest BCUT2D eigenvalue weighted by molar-refractivity contribution is -0.143. The Bertz CT molecular complexity index is 486. The first-order valence-electron chi connectivity index (χ1n) is 6.00. The molecule has 0 aliphatic carbocycles. The summed E-state index contributed by atoms with van der Waals surface area (Å²) >= 11 is 0. The van der Waals surface area contributed by atoms with Crippen molar-refractivity contribution in [2.24, 2.45) is 0 Å². The number of rotatable bonds is 5. The van der Waals surface area contributed by atoms with Crippen LogP contribution in [-0.2, 0) is 20.7 Å². The van der Waals surface area contributed by atoms with E-state index in [9.17, 15) is 9.59 Å². The van der Waals surface area contributed by atoms with E-state index in [4.69, 9.17) is 14.2 Å². The molecule has 1 aromatic carbocycles. The third-order valence-corrected chi connectivity index (χ3v) is 2.54. The second-order valence-corrected chi connectivity index (χ2v) is 3.95. The summed E-state index contributed by atoms with van der Waals surface area (Å²) in [6.07, 6.45) is 0.177. The number of fused-ring (bicyclic) bond motifs is 1. The van der Waals surface area contributed by atoms with Crippen molar-refractivity contribution in [2.45, 2.75) is 13.3 Å². The minimum atomic E-state index is -0.443. The van der Waals surface area contributed by atoms with E-state index in [-0.39, 0.29) is 25.7 Å². The standard InChI is InChI=1S/C13H15NO5/c1-2-17-13(16)7-14-12(15)6-9-3-4-10-11(5-9)19-8-18-10/h3-5H,2,6-8H2,1H3,(H,14,15). The summed E-state index contributed by atoms with van der Waals surface area (Å²) in [5.74, 6) is 0.625. The van der Waals surface area contributed by atoms with Crippen molar-refractivity contribution in [3.63, 3.8) is 0 Å². The molecular formula is C13H15NO5. The van der Waals surface area contributed by atoms with E-state index in [1.165, 1.54) is 0 Å². The Morgan fingerprint density at radius 1 is 1.32 bits per heavy atom. The maximum atomic E-state index is 11.6. The third kappa shape index (κ3) is 3.61. The smallest absolute Gasteiger partial charge is 0.325 e. The zero-order chi connectivity index (χ0) is 13.7. The fraction of sp³-hybridized carbons (Fsp3) is 0.385. The molecule has 1 heterocycles. The Hall–Kier alpha value is -2.24. The van der Waals surface area contributed by atoms with Crippen molar-refractivity contribution >= 4 is 11.9 Å². The van der Waals surface area contributed by atoms with E-state index in [0.29, 0.717) is 18.1 Å². The van der Waals surface area contributed by atoms with Crippen LogP contribution in [0.5, 0.6) is 11.5 Å². The van der Waals surface area contributed by atoms with Gasteiger partial charge in [-0.2, -0.15) is 0 Å². The van der Waals surface area contributed by atoms with Gasteiger partial charge in [-0.3, -0.25) is 9.59 Å². The summed E-state index contributed by atoms with van der Waals surface area (Å²) in [7, 11) is 0. The lowest BCUT2D eigenvalue weighted by Gasteiger charge is -2.05. The molecule has 19 heavy (non-hydrogen) atoms. The van der Waals surface area contributed by atoms with Crippen LogP contribution >= 0.6 is 0 Å². The van der Waals surface area contributed by atoms with E-state index in [1.54, 1.807) is 25.1 Å². The summed E-state index contributed by atoms with van der Waals surface area (Å²) in [4.78, 5) is 22.7. The van der Waals surface area contributed by atoms with E-state index in [0.717, 1.165) is 5.56 Å². The number of hydrogen-bond donors (Lipinski definition) is 1. The van der Waals surface area contributed by atoms with Gasteiger partial charge in [-0.05, 0) is 24.6 Å².